The Bertz CT molecular complexity index is 575. The predicted molar refractivity (Wildman–Crippen MR) is 82.1 cm³/mol. The van der Waals surface area contributed by atoms with Crippen molar-refractivity contribution in [2.45, 2.75) is 24.7 Å². The highest BCUT2D eigenvalue weighted by Gasteiger charge is 2.08. The first-order chi connectivity index (χ1) is 9.20. The molecule has 0 heterocycles. The molecule has 0 fully saturated rings. The number of benzene rings is 2. The molecule has 2 heteroatoms. The van der Waals surface area contributed by atoms with Gasteiger partial charge in [0.15, 0.2) is 5.78 Å². The highest BCUT2D eigenvalue weighted by atomic mass is 32.2. The van der Waals surface area contributed by atoms with Crippen molar-refractivity contribution in [3.05, 3.63) is 65.2 Å². The minimum Gasteiger partial charge on any atom is -0.294 e. The van der Waals surface area contributed by atoms with Crippen LogP contribution in [0, 0.1) is 6.92 Å². The third kappa shape index (κ3) is 3.71. The van der Waals surface area contributed by atoms with Crippen molar-refractivity contribution in [1.29, 1.82) is 0 Å². The zero-order valence-corrected chi connectivity index (χ0v) is 12.2. The maximum atomic E-state index is 12.2. The van der Waals surface area contributed by atoms with Crippen molar-refractivity contribution in [1.82, 2.24) is 0 Å². The van der Waals surface area contributed by atoms with Crippen LogP contribution in [0.25, 0.3) is 0 Å². The molecule has 19 heavy (non-hydrogen) atoms. The maximum absolute atomic E-state index is 12.2. The first-order valence-electron chi connectivity index (χ1n) is 6.42. The summed E-state index contributed by atoms with van der Waals surface area (Å²) >= 11 is 1.73. The maximum Gasteiger partial charge on any atom is 0.163 e. The zero-order chi connectivity index (χ0) is 13.7. The van der Waals surface area contributed by atoms with E-state index in [1.54, 1.807) is 11.8 Å². The number of hydrogen-bond donors (Lipinski definition) is 0. The van der Waals surface area contributed by atoms with E-state index in [-0.39, 0.29) is 5.78 Å². The van der Waals surface area contributed by atoms with Gasteiger partial charge in [-0.1, -0.05) is 42.0 Å². The molecular weight excluding hydrogens is 252 g/mol. The summed E-state index contributed by atoms with van der Waals surface area (Å²) in [4.78, 5) is 13.4. The molecule has 0 aromatic heterocycles. The molecule has 0 N–H and O–H groups in total. The molecule has 0 aliphatic rings. The predicted octanol–water partition coefficient (Wildman–Crippen LogP) is 4.53. The molecule has 0 saturated carbocycles. The van der Waals surface area contributed by atoms with Crippen LogP contribution >= 0.6 is 11.8 Å². The van der Waals surface area contributed by atoms with Gasteiger partial charge in [0, 0.05) is 16.9 Å². The van der Waals surface area contributed by atoms with Crippen LogP contribution in [0.3, 0.4) is 0 Å². The van der Waals surface area contributed by atoms with Crippen LogP contribution in [0.4, 0.5) is 0 Å². The molecular formula is C17H18OS. The van der Waals surface area contributed by atoms with E-state index >= 15 is 0 Å². The van der Waals surface area contributed by atoms with Gasteiger partial charge in [-0.25, -0.2) is 0 Å². The van der Waals surface area contributed by atoms with Crippen molar-refractivity contribution in [2.24, 2.45) is 0 Å². The van der Waals surface area contributed by atoms with Crippen LogP contribution in [-0.2, 0) is 6.42 Å². The van der Waals surface area contributed by atoms with Crippen LogP contribution in [0.15, 0.2) is 53.4 Å². The van der Waals surface area contributed by atoms with Gasteiger partial charge < -0.3 is 0 Å². The van der Waals surface area contributed by atoms with Gasteiger partial charge in [-0.2, -0.15) is 0 Å². The van der Waals surface area contributed by atoms with Crippen molar-refractivity contribution in [2.75, 3.05) is 6.26 Å². The van der Waals surface area contributed by atoms with Crippen LogP contribution in [0.1, 0.15) is 27.9 Å². The van der Waals surface area contributed by atoms with E-state index in [2.05, 4.69) is 18.4 Å². The van der Waals surface area contributed by atoms with E-state index in [1.165, 1.54) is 10.5 Å². The lowest BCUT2D eigenvalue weighted by Crippen LogP contribution is -2.02. The molecule has 0 spiro atoms. The second-order valence-corrected chi connectivity index (χ2v) is 5.45. The second kappa shape index (κ2) is 6.58. The standard InChI is InChI=1S/C17H18OS/c1-13-6-5-8-15(12-13)16(18)11-10-14-7-3-4-9-17(14)19-2/h3-9,12H,10-11H2,1-2H3. The lowest BCUT2D eigenvalue weighted by molar-refractivity contribution is 0.0982. The Morgan fingerprint density at radius 1 is 1.11 bits per heavy atom. The number of carbonyl (C=O) groups excluding carboxylic acids is 1. The Morgan fingerprint density at radius 2 is 1.89 bits per heavy atom. The van der Waals surface area contributed by atoms with Crippen molar-refractivity contribution in [3.63, 3.8) is 0 Å². The second-order valence-electron chi connectivity index (χ2n) is 4.60. The summed E-state index contributed by atoms with van der Waals surface area (Å²) in [5, 5.41) is 0. The third-order valence-corrected chi connectivity index (χ3v) is 3.99. The number of thioether (sulfide) groups is 1. The average molecular weight is 270 g/mol. The lowest BCUT2D eigenvalue weighted by atomic mass is 10.0. The van der Waals surface area contributed by atoms with E-state index in [9.17, 15) is 4.79 Å². The Kier molecular flexibility index (Phi) is 4.80. The fourth-order valence-corrected chi connectivity index (χ4v) is 2.77. The molecule has 1 nitrogen and oxygen atoms in total. The highest BCUT2D eigenvalue weighted by molar-refractivity contribution is 7.98. The Morgan fingerprint density at radius 3 is 2.63 bits per heavy atom. The third-order valence-electron chi connectivity index (χ3n) is 3.15. The van der Waals surface area contributed by atoms with Gasteiger partial charge in [-0.05, 0) is 37.3 Å². The van der Waals surface area contributed by atoms with E-state index < -0.39 is 0 Å². The molecule has 0 amide bonds. The SMILES string of the molecule is CSc1ccccc1CCC(=O)c1cccc(C)c1. The van der Waals surface area contributed by atoms with Crippen molar-refractivity contribution < 1.29 is 4.79 Å². The van der Waals surface area contributed by atoms with E-state index in [0.717, 1.165) is 17.5 Å². The number of Topliss-reactive ketones (excluding diaryl/α,β-unsaturated/α-hetero) is 1. The fourth-order valence-electron chi connectivity index (χ4n) is 2.12. The topological polar surface area (TPSA) is 17.1 Å². The first kappa shape index (κ1) is 13.9. The number of rotatable bonds is 5. The minimum absolute atomic E-state index is 0.222. The quantitative estimate of drug-likeness (QED) is 0.586. The summed E-state index contributed by atoms with van der Waals surface area (Å²) in [6, 6.07) is 16.1. The molecule has 0 saturated heterocycles. The number of hydrogen-bond acceptors (Lipinski definition) is 2. The van der Waals surface area contributed by atoms with Gasteiger partial charge in [-0.3, -0.25) is 4.79 Å². The van der Waals surface area contributed by atoms with Gasteiger partial charge >= 0.3 is 0 Å². The monoisotopic (exact) mass is 270 g/mol. The van der Waals surface area contributed by atoms with Crippen LogP contribution in [0.5, 0.6) is 0 Å². The molecule has 0 atom stereocenters. The van der Waals surface area contributed by atoms with Crippen LogP contribution < -0.4 is 0 Å². The summed E-state index contributed by atoms with van der Waals surface area (Å²) in [7, 11) is 0. The highest BCUT2D eigenvalue weighted by Crippen LogP contribution is 2.21. The Hall–Kier alpha value is -1.54. The van der Waals surface area contributed by atoms with Gasteiger partial charge in [-0.15, -0.1) is 11.8 Å². The van der Waals surface area contributed by atoms with Gasteiger partial charge in [0.1, 0.15) is 0 Å². The Labute approximate surface area is 119 Å². The summed E-state index contributed by atoms with van der Waals surface area (Å²) in [6.45, 7) is 2.01. The number of aryl methyl sites for hydroxylation is 2. The molecule has 0 radical (unpaired) electrons. The summed E-state index contributed by atoms with van der Waals surface area (Å²) < 4.78 is 0. The molecule has 0 bridgehead atoms. The summed E-state index contributed by atoms with van der Waals surface area (Å²) in [5.41, 5.74) is 3.22. The fraction of sp³-hybridized carbons (Fsp3) is 0.235. The van der Waals surface area contributed by atoms with Gasteiger partial charge in [0.05, 0.1) is 0 Å². The van der Waals surface area contributed by atoms with Crippen LogP contribution in [-0.4, -0.2) is 12.0 Å². The molecule has 2 aromatic rings. The van der Waals surface area contributed by atoms with E-state index in [0.29, 0.717) is 6.42 Å². The Balaban J connectivity index is 2.04. The van der Waals surface area contributed by atoms with Gasteiger partial charge in [0.2, 0.25) is 0 Å². The first-order valence-corrected chi connectivity index (χ1v) is 7.65. The number of carbonyl (C=O) groups is 1. The normalized spacial score (nSPS) is 10.4. The largest absolute Gasteiger partial charge is 0.294 e. The smallest absolute Gasteiger partial charge is 0.163 e. The zero-order valence-electron chi connectivity index (χ0n) is 11.3. The summed E-state index contributed by atoms with van der Waals surface area (Å²) in [6.07, 6.45) is 3.45. The molecule has 2 rings (SSSR count). The number of ketones is 1. The molecule has 0 aliphatic carbocycles. The average Bonchev–Trinajstić information content (AvgIpc) is 2.45. The minimum atomic E-state index is 0.222. The summed E-state index contributed by atoms with van der Waals surface area (Å²) in [5.74, 6) is 0.222. The van der Waals surface area contributed by atoms with Crippen molar-refractivity contribution >= 4 is 17.5 Å². The van der Waals surface area contributed by atoms with E-state index in [1.807, 2.05) is 43.3 Å². The van der Waals surface area contributed by atoms with Crippen LogP contribution in [0.2, 0.25) is 0 Å². The lowest BCUT2D eigenvalue weighted by Gasteiger charge is -2.07. The molecule has 2 aromatic carbocycles. The van der Waals surface area contributed by atoms with E-state index in [4.69, 9.17) is 0 Å². The van der Waals surface area contributed by atoms with Crippen molar-refractivity contribution in [3.8, 4) is 0 Å². The molecule has 98 valence electrons. The molecule has 0 unspecified atom stereocenters. The molecule has 0 aliphatic heterocycles. The van der Waals surface area contributed by atoms with Gasteiger partial charge in [0.25, 0.3) is 0 Å².